The molecule has 5 nitrogen and oxygen atoms in total. The van der Waals surface area contributed by atoms with Gasteiger partial charge in [0.15, 0.2) is 5.75 Å². The van der Waals surface area contributed by atoms with E-state index in [0.717, 1.165) is 5.56 Å². The molecule has 0 aliphatic rings. The number of aromatic nitrogens is 2. The lowest BCUT2D eigenvalue weighted by Crippen LogP contribution is -2.20. The van der Waals surface area contributed by atoms with Crippen molar-refractivity contribution < 1.29 is 4.74 Å². The zero-order chi connectivity index (χ0) is 13.1. The molecule has 5 heteroatoms. The summed E-state index contributed by atoms with van der Waals surface area (Å²) in [6.07, 6.45) is 3.15. The van der Waals surface area contributed by atoms with Crippen LogP contribution in [-0.4, -0.2) is 9.55 Å². The van der Waals surface area contributed by atoms with Crippen molar-refractivity contribution in [3.63, 3.8) is 0 Å². The van der Waals surface area contributed by atoms with Gasteiger partial charge in [-0.1, -0.05) is 6.07 Å². The monoisotopic (exact) mass is 245 g/mol. The third kappa shape index (κ3) is 2.34. The Bertz CT molecular complexity index is 620. The number of ether oxygens (including phenoxy) is 1. The summed E-state index contributed by atoms with van der Waals surface area (Å²) in [5.41, 5.74) is 7.09. The van der Waals surface area contributed by atoms with Crippen LogP contribution in [0.1, 0.15) is 12.5 Å². The fourth-order valence-corrected chi connectivity index (χ4v) is 1.61. The van der Waals surface area contributed by atoms with Gasteiger partial charge in [0.25, 0.3) is 5.88 Å². The molecular weight excluding hydrogens is 230 g/mol. The van der Waals surface area contributed by atoms with Gasteiger partial charge < -0.3 is 15.0 Å². The topological polar surface area (TPSA) is 70.1 Å². The lowest BCUT2D eigenvalue weighted by atomic mass is 10.2. The first-order valence-corrected chi connectivity index (χ1v) is 5.71. The van der Waals surface area contributed by atoms with Crippen LogP contribution in [0.5, 0.6) is 11.6 Å². The molecule has 1 aromatic heterocycles. The molecule has 0 unspecified atom stereocenters. The average molecular weight is 245 g/mol. The first kappa shape index (κ1) is 12.2. The standard InChI is InChI=1S/C13H15N3O2/c1-3-16-7-6-15-12(13(16)17)18-11-5-4-9(2)8-10(11)14/h4-8H,3,14H2,1-2H3. The van der Waals surface area contributed by atoms with Crippen molar-refractivity contribution in [1.29, 1.82) is 0 Å². The van der Waals surface area contributed by atoms with Crippen molar-refractivity contribution in [1.82, 2.24) is 9.55 Å². The third-order valence-electron chi connectivity index (χ3n) is 2.59. The summed E-state index contributed by atoms with van der Waals surface area (Å²) in [5, 5.41) is 0. The molecule has 0 fully saturated rings. The Morgan fingerprint density at radius 3 is 2.89 bits per heavy atom. The van der Waals surface area contributed by atoms with E-state index in [2.05, 4.69) is 4.98 Å². The van der Waals surface area contributed by atoms with Crippen molar-refractivity contribution in [3.05, 3.63) is 46.5 Å². The van der Waals surface area contributed by atoms with Crippen LogP contribution in [0.3, 0.4) is 0 Å². The molecule has 2 aromatic rings. The molecule has 0 atom stereocenters. The number of nitrogens with two attached hydrogens (primary N) is 1. The maximum absolute atomic E-state index is 11.9. The van der Waals surface area contributed by atoms with Crippen LogP contribution in [0.15, 0.2) is 35.4 Å². The Kier molecular flexibility index (Phi) is 3.32. The zero-order valence-corrected chi connectivity index (χ0v) is 10.4. The quantitative estimate of drug-likeness (QED) is 0.839. The van der Waals surface area contributed by atoms with Gasteiger partial charge in [0.05, 0.1) is 5.69 Å². The number of hydrogen-bond acceptors (Lipinski definition) is 4. The Balaban J connectivity index is 2.37. The molecule has 0 saturated heterocycles. The molecule has 0 amide bonds. The highest BCUT2D eigenvalue weighted by Crippen LogP contribution is 2.25. The van der Waals surface area contributed by atoms with Crippen LogP contribution in [0.25, 0.3) is 0 Å². The number of rotatable bonds is 3. The minimum absolute atomic E-state index is 0.0369. The first-order chi connectivity index (χ1) is 8.61. The summed E-state index contributed by atoms with van der Waals surface area (Å²) in [5.74, 6) is 0.481. The number of benzene rings is 1. The van der Waals surface area contributed by atoms with Gasteiger partial charge >= 0.3 is 5.56 Å². The third-order valence-corrected chi connectivity index (χ3v) is 2.59. The SMILES string of the molecule is CCn1ccnc(Oc2ccc(C)cc2N)c1=O. The number of nitrogen functional groups attached to an aromatic ring is 1. The summed E-state index contributed by atoms with van der Waals surface area (Å²) in [6.45, 7) is 4.39. The Labute approximate surface area is 105 Å². The van der Waals surface area contributed by atoms with E-state index in [-0.39, 0.29) is 11.4 Å². The van der Waals surface area contributed by atoms with E-state index in [4.69, 9.17) is 10.5 Å². The van der Waals surface area contributed by atoms with Crippen LogP contribution < -0.4 is 16.0 Å². The highest BCUT2D eigenvalue weighted by atomic mass is 16.5. The number of nitrogens with zero attached hydrogens (tertiary/aromatic N) is 2. The Morgan fingerprint density at radius 2 is 2.22 bits per heavy atom. The van der Waals surface area contributed by atoms with Crippen molar-refractivity contribution in [3.8, 4) is 11.6 Å². The maximum Gasteiger partial charge on any atom is 0.313 e. The normalized spacial score (nSPS) is 10.3. The lowest BCUT2D eigenvalue weighted by Gasteiger charge is -2.09. The molecule has 0 radical (unpaired) electrons. The van der Waals surface area contributed by atoms with Gasteiger partial charge in [-0.15, -0.1) is 0 Å². The molecule has 1 heterocycles. The van der Waals surface area contributed by atoms with Crippen LogP contribution >= 0.6 is 0 Å². The summed E-state index contributed by atoms with van der Waals surface area (Å²) in [4.78, 5) is 15.9. The fraction of sp³-hybridized carbons (Fsp3) is 0.231. The van der Waals surface area contributed by atoms with Crippen molar-refractivity contribution in [2.24, 2.45) is 0 Å². The summed E-state index contributed by atoms with van der Waals surface area (Å²) in [6, 6.07) is 5.39. The van der Waals surface area contributed by atoms with Gasteiger partial charge in [-0.25, -0.2) is 4.98 Å². The first-order valence-electron chi connectivity index (χ1n) is 5.71. The minimum Gasteiger partial charge on any atom is -0.432 e. The molecule has 94 valence electrons. The Hall–Kier alpha value is -2.30. The second kappa shape index (κ2) is 4.91. The molecule has 18 heavy (non-hydrogen) atoms. The van der Waals surface area contributed by atoms with Gasteiger partial charge in [0, 0.05) is 18.9 Å². The van der Waals surface area contributed by atoms with E-state index in [1.807, 2.05) is 19.9 Å². The van der Waals surface area contributed by atoms with Crippen molar-refractivity contribution >= 4 is 5.69 Å². The van der Waals surface area contributed by atoms with Crippen LogP contribution in [0.4, 0.5) is 5.69 Å². The molecule has 0 aliphatic heterocycles. The predicted molar refractivity (Wildman–Crippen MR) is 69.8 cm³/mol. The number of hydrogen-bond donors (Lipinski definition) is 1. The molecule has 0 bridgehead atoms. The second-order valence-corrected chi connectivity index (χ2v) is 3.97. The van der Waals surface area contributed by atoms with Crippen LogP contribution in [-0.2, 0) is 6.54 Å². The smallest absolute Gasteiger partial charge is 0.313 e. The van der Waals surface area contributed by atoms with E-state index in [9.17, 15) is 4.79 Å². The maximum atomic E-state index is 11.9. The molecule has 2 rings (SSSR count). The molecule has 0 saturated carbocycles. The summed E-state index contributed by atoms with van der Waals surface area (Å²) in [7, 11) is 0. The van der Waals surface area contributed by atoms with Crippen LogP contribution in [0, 0.1) is 6.92 Å². The van der Waals surface area contributed by atoms with E-state index in [1.54, 1.807) is 18.3 Å². The van der Waals surface area contributed by atoms with Gasteiger partial charge in [-0.2, -0.15) is 0 Å². The molecule has 2 N–H and O–H groups in total. The van der Waals surface area contributed by atoms with Gasteiger partial charge in [-0.05, 0) is 31.5 Å². The van der Waals surface area contributed by atoms with E-state index < -0.39 is 0 Å². The molecular formula is C13H15N3O2. The summed E-state index contributed by atoms with van der Waals surface area (Å²) < 4.78 is 6.99. The fourth-order valence-electron chi connectivity index (χ4n) is 1.61. The average Bonchev–Trinajstić information content (AvgIpc) is 2.35. The predicted octanol–water partition coefficient (Wildman–Crippen LogP) is 1.95. The van der Waals surface area contributed by atoms with E-state index >= 15 is 0 Å². The molecule has 0 aliphatic carbocycles. The minimum atomic E-state index is -0.264. The highest BCUT2D eigenvalue weighted by molar-refractivity contribution is 5.55. The number of aryl methyl sites for hydroxylation is 2. The van der Waals surface area contributed by atoms with Crippen LogP contribution in [0.2, 0.25) is 0 Å². The lowest BCUT2D eigenvalue weighted by molar-refractivity contribution is 0.447. The van der Waals surface area contributed by atoms with Gasteiger partial charge in [-0.3, -0.25) is 4.79 Å². The molecule has 1 aromatic carbocycles. The van der Waals surface area contributed by atoms with E-state index in [1.165, 1.54) is 10.8 Å². The van der Waals surface area contributed by atoms with Crippen molar-refractivity contribution in [2.45, 2.75) is 20.4 Å². The highest BCUT2D eigenvalue weighted by Gasteiger charge is 2.08. The second-order valence-electron chi connectivity index (χ2n) is 3.97. The van der Waals surface area contributed by atoms with E-state index in [0.29, 0.717) is 18.0 Å². The molecule has 0 spiro atoms. The zero-order valence-electron chi connectivity index (χ0n) is 10.4. The van der Waals surface area contributed by atoms with Crippen molar-refractivity contribution in [2.75, 3.05) is 5.73 Å². The Morgan fingerprint density at radius 1 is 1.44 bits per heavy atom. The summed E-state index contributed by atoms with van der Waals surface area (Å²) >= 11 is 0. The van der Waals surface area contributed by atoms with Gasteiger partial charge in [0.1, 0.15) is 0 Å². The largest absolute Gasteiger partial charge is 0.432 e. The van der Waals surface area contributed by atoms with Gasteiger partial charge in [0.2, 0.25) is 0 Å². The number of anilines is 1.